The van der Waals surface area contributed by atoms with Crippen molar-refractivity contribution in [2.24, 2.45) is 11.7 Å². The quantitative estimate of drug-likeness (QED) is 0.711. The lowest BCUT2D eigenvalue weighted by Crippen LogP contribution is -2.56. The lowest BCUT2D eigenvalue weighted by molar-refractivity contribution is -0.135. The topological polar surface area (TPSA) is 110 Å². The average molecular weight is 399 g/mol. The molecule has 1 aliphatic carbocycles. The zero-order valence-corrected chi connectivity index (χ0v) is 16.6. The third-order valence-electron chi connectivity index (χ3n) is 5.96. The summed E-state index contributed by atoms with van der Waals surface area (Å²) >= 11 is 0. The highest BCUT2D eigenvalue weighted by Crippen LogP contribution is 2.28. The number of Topliss-reactive ketones (excluding diaryl/α,β-unsaturated/α-hetero) is 1. The fraction of sp³-hybridized carbons (Fsp3) is 0.545. The predicted molar refractivity (Wildman–Crippen MR) is 108 cm³/mol. The van der Waals surface area contributed by atoms with Gasteiger partial charge in [-0.2, -0.15) is 0 Å². The third-order valence-corrected chi connectivity index (χ3v) is 5.96. The van der Waals surface area contributed by atoms with E-state index in [1.807, 2.05) is 0 Å². The van der Waals surface area contributed by atoms with E-state index < -0.39 is 29.7 Å². The highest BCUT2D eigenvalue weighted by Gasteiger charge is 2.41. The molecule has 1 saturated heterocycles. The van der Waals surface area contributed by atoms with E-state index in [0.29, 0.717) is 30.7 Å². The first-order valence-electron chi connectivity index (χ1n) is 10.5. The standard InChI is InChI=1S/C22H29N3O4/c23-21(28)19-20(27)17(24-18(26)13-12-15-7-4-5-8-15)11-6-14-25(19)22(29)16-9-2-1-3-10-16/h1-3,9-10,15,17,19H,4-8,11-14H2,(H2,23,28)(H,24,26)/t17-,19?/m0/s1. The monoisotopic (exact) mass is 399 g/mol. The van der Waals surface area contributed by atoms with Crippen LogP contribution in [0.5, 0.6) is 0 Å². The van der Waals surface area contributed by atoms with E-state index in [4.69, 9.17) is 5.73 Å². The highest BCUT2D eigenvalue weighted by atomic mass is 16.2. The normalized spacial score (nSPS) is 22.9. The summed E-state index contributed by atoms with van der Waals surface area (Å²) < 4.78 is 0. The van der Waals surface area contributed by atoms with Crippen molar-refractivity contribution in [1.29, 1.82) is 0 Å². The minimum Gasteiger partial charge on any atom is -0.367 e. The van der Waals surface area contributed by atoms with Gasteiger partial charge in [0.2, 0.25) is 11.8 Å². The predicted octanol–water partition coefficient (Wildman–Crippen LogP) is 1.80. The number of amides is 3. The molecule has 29 heavy (non-hydrogen) atoms. The summed E-state index contributed by atoms with van der Waals surface area (Å²) in [4.78, 5) is 51.6. The second-order valence-electron chi connectivity index (χ2n) is 8.02. The Kier molecular flexibility index (Phi) is 7.01. The number of likely N-dealkylation sites (tertiary alicyclic amines) is 1. The lowest BCUT2D eigenvalue weighted by atomic mass is 9.99. The van der Waals surface area contributed by atoms with Crippen molar-refractivity contribution in [3.63, 3.8) is 0 Å². The fourth-order valence-corrected chi connectivity index (χ4v) is 4.38. The number of hydrogen-bond donors (Lipinski definition) is 2. The number of ketones is 1. The van der Waals surface area contributed by atoms with Gasteiger partial charge in [-0.25, -0.2) is 0 Å². The maximum Gasteiger partial charge on any atom is 0.254 e. The largest absolute Gasteiger partial charge is 0.367 e. The molecule has 2 aliphatic rings. The third kappa shape index (κ3) is 5.22. The van der Waals surface area contributed by atoms with Crippen molar-refractivity contribution in [2.45, 2.75) is 63.5 Å². The fourth-order valence-electron chi connectivity index (χ4n) is 4.38. The Bertz CT molecular complexity index is 759. The number of carbonyl (C=O) groups excluding carboxylic acids is 4. The molecule has 0 spiro atoms. The van der Waals surface area contributed by atoms with E-state index >= 15 is 0 Å². The molecule has 0 radical (unpaired) electrons. The van der Waals surface area contributed by atoms with Crippen LogP contribution < -0.4 is 11.1 Å². The SMILES string of the molecule is NC(=O)C1C(=O)[C@@H](NC(=O)CCC2CCCC2)CCCN1C(=O)c1ccccc1. The van der Waals surface area contributed by atoms with Crippen LogP contribution in [0.3, 0.4) is 0 Å². The Morgan fingerprint density at radius 2 is 1.72 bits per heavy atom. The molecular formula is C22H29N3O4. The van der Waals surface area contributed by atoms with Gasteiger partial charge in [-0.3, -0.25) is 19.2 Å². The Labute approximate surface area is 171 Å². The van der Waals surface area contributed by atoms with Gasteiger partial charge in [-0.1, -0.05) is 43.9 Å². The van der Waals surface area contributed by atoms with Gasteiger partial charge in [0.05, 0.1) is 6.04 Å². The number of nitrogens with one attached hydrogen (secondary N) is 1. The molecule has 3 rings (SSSR count). The molecule has 1 aromatic carbocycles. The molecular weight excluding hydrogens is 370 g/mol. The zero-order valence-electron chi connectivity index (χ0n) is 16.6. The van der Waals surface area contributed by atoms with E-state index in [1.165, 1.54) is 17.7 Å². The summed E-state index contributed by atoms with van der Waals surface area (Å²) in [5.41, 5.74) is 5.90. The Balaban J connectivity index is 1.67. The summed E-state index contributed by atoms with van der Waals surface area (Å²) in [6, 6.07) is 6.34. The summed E-state index contributed by atoms with van der Waals surface area (Å²) in [5, 5.41) is 2.78. The van der Waals surface area contributed by atoms with Crippen molar-refractivity contribution in [2.75, 3.05) is 6.54 Å². The lowest BCUT2D eigenvalue weighted by Gasteiger charge is -2.27. The minimum absolute atomic E-state index is 0.179. The van der Waals surface area contributed by atoms with Crippen LogP contribution >= 0.6 is 0 Å². The summed E-state index contributed by atoms with van der Waals surface area (Å²) in [6.07, 6.45) is 6.86. The van der Waals surface area contributed by atoms with Gasteiger partial charge in [0.25, 0.3) is 5.91 Å². The van der Waals surface area contributed by atoms with E-state index in [0.717, 1.165) is 19.3 Å². The number of rotatable bonds is 6. The van der Waals surface area contributed by atoms with Crippen molar-refractivity contribution in [3.8, 4) is 0 Å². The van der Waals surface area contributed by atoms with E-state index in [2.05, 4.69) is 5.32 Å². The van der Waals surface area contributed by atoms with Gasteiger partial charge < -0.3 is 16.0 Å². The van der Waals surface area contributed by atoms with Gasteiger partial charge in [-0.05, 0) is 37.3 Å². The van der Waals surface area contributed by atoms with Crippen LogP contribution in [-0.2, 0) is 14.4 Å². The molecule has 1 aromatic rings. The Morgan fingerprint density at radius 3 is 2.38 bits per heavy atom. The minimum atomic E-state index is -1.37. The van der Waals surface area contributed by atoms with Crippen LogP contribution in [-0.4, -0.2) is 47.0 Å². The smallest absolute Gasteiger partial charge is 0.254 e. The summed E-state index contributed by atoms with van der Waals surface area (Å²) in [5.74, 6) is -1.37. The molecule has 3 amide bonds. The van der Waals surface area contributed by atoms with Gasteiger partial charge in [0.15, 0.2) is 11.8 Å². The second-order valence-corrected chi connectivity index (χ2v) is 8.02. The van der Waals surface area contributed by atoms with E-state index in [1.54, 1.807) is 30.3 Å². The van der Waals surface area contributed by atoms with Gasteiger partial charge in [-0.15, -0.1) is 0 Å². The van der Waals surface area contributed by atoms with Gasteiger partial charge >= 0.3 is 0 Å². The van der Waals surface area contributed by atoms with Crippen molar-refractivity contribution in [1.82, 2.24) is 10.2 Å². The average Bonchev–Trinajstić information content (AvgIpc) is 3.18. The number of nitrogens with two attached hydrogens (primary N) is 1. The first-order chi connectivity index (χ1) is 14.0. The maximum atomic E-state index is 13.0. The molecule has 0 aromatic heterocycles. The molecule has 7 heteroatoms. The zero-order chi connectivity index (χ0) is 20.8. The summed E-state index contributed by atoms with van der Waals surface area (Å²) in [6.45, 7) is 0.238. The Morgan fingerprint density at radius 1 is 1.03 bits per heavy atom. The van der Waals surface area contributed by atoms with Crippen LogP contribution in [0.4, 0.5) is 0 Å². The van der Waals surface area contributed by atoms with Crippen molar-refractivity contribution >= 4 is 23.5 Å². The molecule has 1 heterocycles. The maximum absolute atomic E-state index is 13.0. The van der Waals surface area contributed by atoms with Gasteiger partial charge in [0.1, 0.15) is 0 Å². The Hall–Kier alpha value is -2.70. The highest BCUT2D eigenvalue weighted by molar-refractivity contribution is 6.11. The first kappa shape index (κ1) is 21.0. The van der Waals surface area contributed by atoms with Crippen LogP contribution in [0, 0.1) is 5.92 Å². The van der Waals surface area contributed by atoms with Crippen LogP contribution in [0.15, 0.2) is 30.3 Å². The number of benzene rings is 1. The number of hydrogen-bond acceptors (Lipinski definition) is 4. The molecule has 1 saturated carbocycles. The van der Waals surface area contributed by atoms with Crippen LogP contribution in [0.2, 0.25) is 0 Å². The molecule has 7 nitrogen and oxygen atoms in total. The van der Waals surface area contributed by atoms with Crippen molar-refractivity contribution in [3.05, 3.63) is 35.9 Å². The molecule has 1 aliphatic heterocycles. The first-order valence-corrected chi connectivity index (χ1v) is 10.5. The number of nitrogens with zero attached hydrogens (tertiary/aromatic N) is 1. The van der Waals surface area contributed by atoms with Gasteiger partial charge in [0, 0.05) is 18.5 Å². The number of primary amides is 1. The molecule has 156 valence electrons. The van der Waals surface area contributed by atoms with Crippen molar-refractivity contribution < 1.29 is 19.2 Å². The molecule has 2 atom stereocenters. The van der Waals surface area contributed by atoms with Crippen LogP contribution in [0.25, 0.3) is 0 Å². The van der Waals surface area contributed by atoms with E-state index in [9.17, 15) is 19.2 Å². The van der Waals surface area contributed by atoms with Crippen LogP contribution in [0.1, 0.15) is 61.7 Å². The molecule has 1 unspecified atom stereocenters. The number of carbonyl (C=O) groups is 4. The molecule has 0 bridgehead atoms. The van der Waals surface area contributed by atoms with E-state index in [-0.39, 0.29) is 12.5 Å². The molecule has 3 N–H and O–H groups in total. The molecule has 2 fully saturated rings. The summed E-state index contributed by atoms with van der Waals surface area (Å²) in [7, 11) is 0. The second kappa shape index (κ2) is 9.67.